The fourth-order valence-corrected chi connectivity index (χ4v) is 3.89. The molecule has 1 aliphatic rings. The van der Waals surface area contributed by atoms with Crippen LogP contribution in [0.1, 0.15) is 36.0 Å². The lowest BCUT2D eigenvalue weighted by atomic mass is 9.81. The summed E-state index contributed by atoms with van der Waals surface area (Å²) in [5, 5.41) is 8.00. The number of fused-ring (bicyclic) bond motifs is 1. The zero-order chi connectivity index (χ0) is 20.4. The van der Waals surface area contributed by atoms with Crippen LogP contribution in [-0.2, 0) is 4.79 Å². The average molecular weight is 395 g/mol. The number of nitrogens with two attached hydrogens (primary N) is 1. The second-order valence-electron chi connectivity index (χ2n) is 7.48. The number of nitrogens with one attached hydrogen (secondary N) is 1. The van der Waals surface area contributed by atoms with Gasteiger partial charge in [0.05, 0.1) is 29.2 Å². The molecule has 0 unspecified atom stereocenters. The van der Waals surface area contributed by atoms with E-state index in [9.17, 15) is 14.0 Å². The molecule has 3 N–H and O–H groups in total. The van der Waals surface area contributed by atoms with Crippen molar-refractivity contribution in [1.82, 2.24) is 20.1 Å². The van der Waals surface area contributed by atoms with Crippen LogP contribution >= 0.6 is 0 Å². The summed E-state index contributed by atoms with van der Waals surface area (Å²) in [4.78, 5) is 28.2. The maximum Gasteiger partial charge on any atom is 0.253 e. The SMILES string of the molecule is NC(=O)C1CCC(CNC(=O)c2cncc3c2cnn3-c2ccc(F)cc2)CC1. The zero-order valence-electron chi connectivity index (χ0n) is 15.8. The van der Waals surface area contributed by atoms with Crippen molar-refractivity contribution in [2.75, 3.05) is 6.54 Å². The highest BCUT2D eigenvalue weighted by molar-refractivity contribution is 6.05. The number of pyridine rings is 1. The molecule has 0 bridgehead atoms. The Morgan fingerprint density at radius 2 is 1.83 bits per heavy atom. The highest BCUT2D eigenvalue weighted by Gasteiger charge is 2.25. The van der Waals surface area contributed by atoms with Gasteiger partial charge in [0.15, 0.2) is 0 Å². The van der Waals surface area contributed by atoms with Crippen LogP contribution in [-0.4, -0.2) is 33.1 Å². The normalized spacial score (nSPS) is 19.2. The van der Waals surface area contributed by atoms with Crippen LogP contribution in [0.3, 0.4) is 0 Å². The van der Waals surface area contributed by atoms with Crippen molar-refractivity contribution >= 4 is 22.7 Å². The van der Waals surface area contributed by atoms with Gasteiger partial charge < -0.3 is 11.1 Å². The number of nitrogens with zero attached hydrogens (tertiary/aromatic N) is 3. The van der Waals surface area contributed by atoms with Crippen molar-refractivity contribution < 1.29 is 14.0 Å². The molecule has 7 nitrogen and oxygen atoms in total. The van der Waals surface area contributed by atoms with Crippen molar-refractivity contribution in [2.45, 2.75) is 25.7 Å². The zero-order valence-corrected chi connectivity index (χ0v) is 15.8. The van der Waals surface area contributed by atoms with E-state index >= 15 is 0 Å². The minimum Gasteiger partial charge on any atom is -0.369 e. The molecule has 0 atom stereocenters. The standard InChI is InChI=1S/C21H22FN5O2/c22-15-5-7-16(8-6-15)27-19-12-24-10-18(17(19)11-26-27)21(29)25-9-13-1-3-14(4-2-13)20(23)28/h5-8,10-14H,1-4,9H2,(H2,23,28)(H,25,29). The summed E-state index contributed by atoms with van der Waals surface area (Å²) in [6, 6.07) is 5.97. The first kappa shape index (κ1) is 19.0. The first-order chi connectivity index (χ1) is 14.0. The Morgan fingerprint density at radius 1 is 1.10 bits per heavy atom. The summed E-state index contributed by atoms with van der Waals surface area (Å²) in [7, 11) is 0. The van der Waals surface area contributed by atoms with Crippen LogP contribution in [0.25, 0.3) is 16.6 Å². The van der Waals surface area contributed by atoms with E-state index in [0.717, 1.165) is 25.7 Å². The number of halogens is 1. The molecular weight excluding hydrogens is 373 g/mol. The van der Waals surface area contributed by atoms with Crippen LogP contribution in [0, 0.1) is 17.7 Å². The molecule has 4 rings (SSSR count). The first-order valence-electron chi connectivity index (χ1n) is 9.68. The molecule has 3 aromatic rings. The van der Waals surface area contributed by atoms with Crippen molar-refractivity contribution in [3.63, 3.8) is 0 Å². The molecule has 2 aromatic heterocycles. The van der Waals surface area contributed by atoms with E-state index in [-0.39, 0.29) is 23.5 Å². The lowest BCUT2D eigenvalue weighted by molar-refractivity contribution is -0.122. The highest BCUT2D eigenvalue weighted by atomic mass is 19.1. The smallest absolute Gasteiger partial charge is 0.253 e. The first-order valence-corrected chi connectivity index (χ1v) is 9.68. The molecule has 0 radical (unpaired) electrons. The number of hydrogen-bond donors (Lipinski definition) is 2. The molecule has 29 heavy (non-hydrogen) atoms. The Labute approximate surface area is 167 Å². The molecule has 1 saturated carbocycles. The van der Waals surface area contributed by atoms with Crippen LogP contribution in [0.15, 0.2) is 42.9 Å². The van der Waals surface area contributed by atoms with E-state index in [0.29, 0.717) is 34.6 Å². The van der Waals surface area contributed by atoms with E-state index in [1.165, 1.54) is 18.3 Å². The van der Waals surface area contributed by atoms with Crippen molar-refractivity contribution in [2.24, 2.45) is 17.6 Å². The van der Waals surface area contributed by atoms with Gasteiger partial charge in [-0.3, -0.25) is 14.6 Å². The lowest BCUT2D eigenvalue weighted by Crippen LogP contribution is -2.34. The van der Waals surface area contributed by atoms with Crippen LogP contribution < -0.4 is 11.1 Å². The number of carbonyl (C=O) groups excluding carboxylic acids is 2. The van der Waals surface area contributed by atoms with E-state index in [2.05, 4.69) is 15.4 Å². The van der Waals surface area contributed by atoms with Gasteiger partial charge in [0, 0.05) is 24.0 Å². The molecule has 1 aromatic carbocycles. The Bertz CT molecular complexity index is 1040. The van der Waals surface area contributed by atoms with Crippen LogP contribution in [0.4, 0.5) is 4.39 Å². The van der Waals surface area contributed by atoms with Crippen molar-refractivity contribution in [3.8, 4) is 5.69 Å². The third-order valence-corrected chi connectivity index (χ3v) is 5.61. The van der Waals surface area contributed by atoms with Gasteiger partial charge in [-0.1, -0.05) is 0 Å². The van der Waals surface area contributed by atoms with Gasteiger partial charge in [0.2, 0.25) is 5.91 Å². The number of aromatic nitrogens is 3. The number of hydrogen-bond acceptors (Lipinski definition) is 4. The predicted molar refractivity (Wildman–Crippen MR) is 106 cm³/mol. The van der Waals surface area contributed by atoms with Crippen molar-refractivity contribution in [3.05, 3.63) is 54.2 Å². The molecule has 2 heterocycles. The summed E-state index contributed by atoms with van der Waals surface area (Å²) in [5.41, 5.74) is 7.18. The predicted octanol–water partition coefficient (Wildman–Crippen LogP) is 2.58. The van der Waals surface area contributed by atoms with E-state index in [1.807, 2.05) is 0 Å². The van der Waals surface area contributed by atoms with Gasteiger partial charge in [-0.2, -0.15) is 5.10 Å². The summed E-state index contributed by atoms with van der Waals surface area (Å²) < 4.78 is 14.8. The number of benzene rings is 1. The molecule has 0 spiro atoms. The van der Waals surface area contributed by atoms with Gasteiger partial charge in [0.1, 0.15) is 5.82 Å². The van der Waals surface area contributed by atoms with E-state index in [4.69, 9.17) is 5.73 Å². The van der Waals surface area contributed by atoms with Crippen molar-refractivity contribution in [1.29, 1.82) is 0 Å². The third-order valence-electron chi connectivity index (χ3n) is 5.61. The molecule has 1 fully saturated rings. The molecule has 1 aliphatic carbocycles. The molecule has 0 saturated heterocycles. The van der Waals surface area contributed by atoms with Gasteiger partial charge >= 0.3 is 0 Å². The monoisotopic (exact) mass is 395 g/mol. The Kier molecular flexibility index (Phi) is 5.24. The van der Waals surface area contributed by atoms with Gasteiger partial charge in [0.25, 0.3) is 5.91 Å². The highest BCUT2D eigenvalue weighted by Crippen LogP contribution is 2.28. The van der Waals surface area contributed by atoms with Gasteiger partial charge in [-0.05, 0) is 55.9 Å². The molecule has 8 heteroatoms. The van der Waals surface area contributed by atoms with E-state index < -0.39 is 0 Å². The summed E-state index contributed by atoms with van der Waals surface area (Å²) in [6.45, 7) is 0.548. The lowest BCUT2D eigenvalue weighted by Gasteiger charge is -2.26. The number of amides is 2. The van der Waals surface area contributed by atoms with Crippen LogP contribution in [0.5, 0.6) is 0 Å². The largest absolute Gasteiger partial charge is 0.369 e. The number of primary amides is 1. The van der Waals surface area contributed by atoms with E-state index in [1.54, 1.807) is 29.2 Å². The Balaban J connectivity index is 1.47. The summed E-state index contributed by atoms with van der Waals surface area (Å²) >= 11 is 0. The Morgan fingerprint density at radius 3 is 2.52 bits per heavy atom. The Hall–Kier alpha value is -3.29. The summed E-state index contributed by atoms with van der Waals surface area (Å²) in [5.74, 6) is -0.476. The second-order valence-corrected chi connectivity index (χ2v) is 7.48. The minimum absolute atomic E-state index is 0.0443. The molecule has 150 valence electrons. The molecule has 0 aliphatic heterocycles. The van der Waals surface area contributed by atoms with Gasteiger partial charge in [-0.25, -0.2) is 9.07 Å². The molecular formula is C21H22FN5O2. The topological polar surface area (TPSA) is 103 Å². The quantitative estimate of drug-likeness (QED) is 0.693. The fourth-order valence-electron chi connectivity index (χ4n) is 3.89. The minimum atomic E-state index is -0.326. The fraction of sp³-hybridized carbons (Fsp3) is 0.333. The second kappa shape index (κ2) is 7.98. The molecule has 2 amide bonds. The average Bonchev–Trinajstić information content (AvgIpc) is 3.17. The van der Waals surface area contributed by atoms with Crippen LogP contribution in [0.2, 0.25) is 0 Å². The summed E-state index contributed by atoms with van der Waals surface area (Å²) in [6.07, 6.45) is 8.08. The third kappa shape index (κ3) is 3.96. The van der Waals surface area contributed by atoms with Gasteiger partial charge in [-0.15, -0.1) is 0 Å². The maximum atomic E-state index is 13.2. The number of rotatable bonds is 5. The number of carbonyl (C=O) groups is 2. The maximum absolute atomic E-state index is 13.2.